The molecule has 1 saturated heterocycles. The van der Waals surface area contributed by atoms with Gasteiger partial charge in [0.2, 0.25) is 0 Å². The largest absolute Gasteiger partial charge is 0.497 e. The number of aliphatic hydroxyl groups excluding tert-OH is 1. The lowest BCUT2D eigenvalue weighted by Crippen LogP contribution is -2.38. The van der Waals surface area contributed by atoms with Crippen molar-refractivity contribution in [3.05, 3.63) is 54.0 Å². The fraction of sp³-hybridized carbons (Fsp3) is 0.421. The number of aliphatic hydroxyl groups is 1. The maximum absolute atomic E-state index is 12.4. The molecule has 0 radical (unpaired) electrons. The second-order valence-corrected chi connectivity index (χ2v) is 6.20. The lowest BCUT2D eigenvalue weighted by Gasteiger charge is -2.26. The summed E-state index contributed by atoms with van der Waals surface area (Å²) in [6.07, 6.45) is 2.71. The van der Waals surface area contributed by atoms with Crippen LogP contribution < -0.4 is 10.1 Å². The second-order valence-electron chi connectivity index (χ2n) is 6.20. The average Bonchev–Trinajstić information content (AvgIpc) is 3.35. The van der Waals surface area contributed by atoms with Gasteiger partial charge in [0, 0.05) is 6.54 Å². The quantitative estimate of drug-likeness (QED) is 0.806. The van der Waals surface area contributed by atoms with Crippen LogP contribution in [0.3, 0.4) is 0 Å². The fourth-order valence-corrected chi connectivity index (χ4v) is 3.20. The Hall–Kier alpha value is -2.31. The van der Waals surface area contributed by atoms with Crippen LogP contribution >= 0.6 is 0 Å². The van der Waals surface area contributed by atoms with Crippen LogP contribution in [0.25, 0.3) is 0 Å². The normalized spacial score (nSPS) is 17.2. The summed E-state index contributed by atoms with van der Waals surface area (Å²) in [5.41, 5.74) is 0.507. The molecule has 2 atom stereocenters. The molecule has 0 bridgehead atoms. The number of nitrogens with one attached hydrogen (secondary N) is 1. The molecule has 6 heteroatoms. The smallest absolute Gasteiger partial charge is 0.253 e. The molecule has 6 nitrogen and oxygen atoms in total. The lowest BCUT2D eigenvalue weighted by molar-refractivity contribution is -0.129. The van der Waals surface area contributed by atoms with E-state index < -0.39 is 12.0 Å². The van der Waals surface area contributed by atoms with E-state index in [9.17, 15) is 9.90 Å². The predicted octanol–water partition coefficient (Wildman–Crippen LogP) is 2.27. The van der Waals surface area contributed by atoms with Crippen LogP contribution in [0.1, 0.15) is 36.3 Å². The molecule has 1 aromatic heterocycles. The third-order valence-electron chi connectivity index (χ3n) is 4.58. The Balaban J connectivity index is 1.64. The van der Waals surface area contributed by atoms with Gasteiger partial charge < -0.3 is 19.6 Å². The highest BCUT2D eigenvalue weighted by Crippen LogP contribution is 2.25. The van der Waals surface area contributed by atoms with Crippen LogP contribution in [0, 0.1) is 0 Å². The van der Waals surface area contributed by atoms with Gasteiger partial charge >= 0.3 is 0 Å². The highest BCUT2D eigenvalue weighted by Gasteiger charge is 2.27. The Kier molecular flexibility index (Phi) is 5.73. The zero-order valence-electron chi connectivity index (χ0n) is 14.4. The minimum Gasteiger partial charge on any atom is -0.497 e. The van der Waals surface area contributed by atoms with Crippen molar-refractivity contribution in [2.24, 2.45) is 0 Å². The van der Waals surface area contributed by atoms with Gasteiger partial charge in [-0.1, -0.05) is 12.1 Å². The molecule has 0 aliphatic carbocycles. The molecule has 1 aromatic carbocycles. The molecule has 0 saturated carbocycles. The number of amides is 1. The van der Waals surface area contributed by atoms with Crippen molar-refractivity contribution >= 4 is 5.91 Å². The number of ether oxygens (including phenoxy) is 1. The number of likely N-dealkylation sites (tertiary alicyclic amines) is 1. The molecule has 2 heterocycles. The van der Waals surface area contributed by atoms with Gasteiger partial charge in [0.1, 0.15) is 11.5 Å². The first-order valence-electron chi connectivity index (χ1n) is 8.56. The summed E-state index contributed by atoms with van der Waals surface area (Å²) in [6.45, 7) is 2.37. The molecule has 1 amide bonds. The third kappa shape index (κ3) is 4.21. The Morgan fingerprint density at radius 1 is 1.32 bits per heavy atom. The lowest BCUT2D eigenvalue weighted by atomic mass is 10.1. The number of carbonyl (C=O) groups is 1. The number of methoxy groups -OCH3 is 1. The van der Waals surface area contributed by atoms with Gasteiger partial charge in [0.25, 0.3) is 5.91 Å². The van der Waals surface area contributed by atoms with Crippen molar-refractivity contribution in [3.8, 4) is 5.75 Å². The van der Waals surface area contributed by atoms with E-state index in [2.05, 4.69) is 10.2 Å². The van der Waals surface area contributed by atoms with Crippen LogP contribution in [-0.2, 0) is 4.79 Å². The summed E-state index contributed by atoms with van der Waals surface area (Å²) in [4.78, 5) is 14.7. The SMILES string of the molecule is COc1cccc(C(O)C(=O)NCC(c2ccco2)N2CCCC2)c1. The summed E-state index contributed by atoms with van der Waals surface area (Å²) >= 11 is 0. The highest BCUT2D eigenvalue weighted by atomic mass is 16.5. The first-order valence-corrected chi connectivity index (χ1v) is 8.56. The van der Waals surface area contributed by atoms with Crippen molar-refractivity contribution in [3.63, 3.8) is 0 Å². The molecule has 1 aliphatic heterocycles. The van der Waals surface area contributed by atoms with Crippen molar-refractivity contribution < 1.29 is 19.1 Å². The van der Waals surface area contributed by atoms with Crippen molar-refractivity contribution in [1.29, 1.82) is 0 Å². The van der Waals surface area contributed by atoms with E-state index in [1.165, 1.54) is 0 Å². The van der Waals surface area contributed by atoms with E-state index in [4.69, 9.17) is 9.15 Å². The van der Waals surface area contributed by atoms with Gasteiger partial charge in [-0.05, 0) is 55.8 Å². The molecule has 2 unspecified atom stereocenters. The Labute approximate surface area is 147 Å². The Morgan fingerprint density at radius 3 is 2.80 bits per heavy atom. The van der Waals surface area contributed by atoms with Crippen molar-refractivity contribution in [1.82, 2.24) is 10.2 Å². The van der Waals surface area contributed by atoms with E-state index in [1.54, 1.807) is 37.6 Å². The van der Waals surface area contributed by atoms with Gasteiger partial charge in [-0.3, -0.25) is 9.69 Å². The molecule has 1 aliphatic rings. The molecule has 134 valence electrons. The molecule has 3 rings (SSSR count). The number of benzene rings is 1. The van der Waals surface area contributed by atoms with E-state index in [-0.39, 0.29) is 6.04 Å². The molecule has 2 aromatic rings. The van der Waals surface area contributed by atoms with Gasteiger partial charge in [-0.15, -0.1) is 0 Å². The number of hydrogen-bond donors (Lipinski definition) is 2. The zero-order valence-corrected chi connectivity index (χ0v) is 14.4. The summed E-state index contributed by atoms with van der Waals surface area (Å²) < 4.78 is 10.7. The molecule has 2 N–H and O–H groups in total. The Morgan fingerprint density at radius 2 is 2.12 bits per heavy atom. The van der Waals surface area contributed by atoms with Crippen LogP contribution in [0.2, 0.25) is 0 Å². The topological polar surface area (TPSA) is 74.9 Å². The molecule has 25 heavy (non-hydrogen) atoms. The van der Waals surface area contributed by atoms with E-state index in [1.807, 2.05) is 12.1 Å². The minimum atomic E-state index is -1.23. The van der Waals surface area contributed by atoms with Gasteiger partial charge in [-0.25, -0.2) is 0 Å². The number of furan rings is 1. The van der Waals surface area contributed by atoms with Crippen molar-refractivity contribution in [2.45, 2.75) is 25.0 Å². The summed E-state index contributed by atoms with van der Waals surface area (Å²) in [7, 11) is 1.55. The zero-order chi connectivity index (χ0) is 17.6. The van der Waals surface area contributed by atoms with Gasteiger partial charge in [-0.2, -0.15) is 0 Å². The number of nitrogens with zero attached hydrogens (tertiary/aromatic N) is 1. The second kappa shape index (κ2) is 8.18. The van der Waals surface area contributed by atoms with Gasteiger partial charge in [0.05, 0.1) is 19.4 Å². The van der Waals surface area contributed by atoms with Crippen LogP contribution in [0.15, 0.2) is 47.1 Å². The first-order chi connectivity index (χ1) is 12.2. The summed E-state index contributed by atoms with van der Waals surface area (Å²) in [6, 6.07) is 10.7. The number of carbonyl (C=O) groups excluding carboxylic acids is 1. The predicted molar refractivity (Wildman–Crippen MR) is 93.2 cm³/mol. The summed E-state index contributed by atoms with van der Waals surface area (Å²) in [5, 5.41) is 13.2. The van der Waals surface area contributed by atoms with E-state index >= 15 is 0 Å². The van der Waals surface area contributed by atoms with Crippen LogP contribution in [0.4, 0.5) is 0 Å². The molecular formula is C19H24N2O4. The molecule has 0 spiro atoms. The van der Waals surface area contributed by atoms with Gasteiger partial charge in [0.15, 0.2) is 6.10 Å². The molecular weight excluding hydrogens is 320 g/mol. The molecule has 1 fully saturated rings. The summed E-state index contributed by atoms with van der Waals surface area (Å²) in [5.74, 6) is 1.01. The first kappa shape index (κ1) is 17.5. The fourth-order valence-electron chi connectivity index (χ4n) is 3.20. The van der Waals surface area contributed by atoms with Crippen molar-refractivity contribution in [2.75, 3.05) is 26.7 Å². The maximum Gasteiger partial charge on any atom is 0.253 e. The average molecular weight is 344 g/mol. The van der Waals surface area contributed by atoms with E-state index in [0.717, 1.165) is 31.7 Å². The Bertz CT molecular complexity index is 680. The maximum atomic E-state index is 12.4. The van der Waals surface area contributed by atoms with E-state index in [0.29, 0.717) is 17.9 Å². The van der Waals surface area contributed by atoms with Crippen LogP contribution in [0.5, 0.6) is 5.75 Å². The van der Waals surface area contributed by atoms with Crippen LogP contribution in [-0.4, -0.2) is 42.7 Å². The number of rotatable bonds is 7. The number of hydrogen-bond acceptors (Lipinski definition) is 5. The monoisotopic (exact) mass is 344 g/mol. The minimum absolute atomic E-state index is 0.0149. The third-order valence-corrected chi connectivity index (χ3v) is 4.58. The standard InChI is InChI=1S/C19H24N2O4/c1-24-15-7-4-6-14(12-15)18(22)19(23)20-13-16(17-8-5-11-25-17)21-9-2-3-10-21/h4-8,11-12,16,18,22H,2-3,9-10,13H2,1H3,(H,20,23). The highest BCUT2D eigenvalue weighted by molar-refractivity contribution is 5.82.